The molecule has 0 unspecified atom stereocenters. The fourth-order valence-electron chi connectivity index (χ4n) is 2.10. The van der Waals surface area contributed by atoms with Crippen LogP contribution in [0.5, 0.6) is 11.5 Å². The number of para-hydroxylation sites is 1. The van der Waals surface area contributed by atoms with Crippen molar-refractivity contribution in [1.29, 1.82) is 0 Å². The van der Waals surface area contributed by atoms with E-state index < -0.39 is 0 Å². The number of benzene rings is 2. The summed E-state index contributed by atoms with van der Waals surface area (Å²) in [5, 5.41) is 3.41. The maximum atomic E-state index is 13.7. The van der Waals surface area contributed by atoms with E-state index in [2.05, 4.69) is 5.32 Å². The number of rotatable bonds is 3. The molecular weight excluding hydrogens is 281 g/mol. The van der Waals surface area contributed by atoms with Crippen LogP contribution in [0.15, 0.2) is 36.4 Å². The van der Waals surface area contributed by atoms with Crippen LogP contribution in [0.4, 0.5) is 10.1 Å². The van der Waals surface area contributed by atoms with Crippen molar-refractivity contribution in [2.24, 2.45) is 0 Å². The number of ether oxygens (including phenoxy) is 2. The molecule has 0 amide bonds. The number of nitrogens with one attached hydrogen (secondary N) is 1. The Morgan fingerprint density at radius 3 is 2.85 bits per heavy atom. The lowest BCUT2D eigenvalue weighted by molar-refractivity contribution is 0.170. The smallest absolute Gasteiger partial charge is 0.166 e. The maximum absolute atomic E-state index is 13.7. The maximum Gasteiger partial charge on any atom is 0.166 e. The van der Waals surface area contributed by atoms with Crippen molar-refractivity contribution in [2.45, 2.75) is 6.54 Å². The molecule has 3 rings (SSSR count). The summed E-state index contributed by atoms with van der Waals surface area (Å²) in [4.78, 5) is 0. The molecule has 1 N–H and O–H groups in total. The molecule has 2 aromatic rings. The van der Waals surface area contributed by atoms with Gasteiger partial charge in [0, 0.05) is 17.1 Å². The second kappa shape index (κ2) is 5.59. The first-order chi connectivity index (χ1) is 9.74. The summed E-state index contributed by atoms with van der Waals surface area (Å²) in [6.45, 7) is 1.53. The molecule has 0 saturated carbocycles. The van der Waals surface area contributed by atoms with E-state index in [9.17, 15) is 4.39 Å². The molecule has 0 radical (unpaired) electrons. The lowest BCUT2D eigenvalue weighted by Crippen LogP contribution is -2.17. The second-order valence-electron chi connectivity index (χ2n) is 4.42. The normalized spacial score (nSPS) is 13.1. The molecule has 3 nitrogen and oxygen atoms in total. The largest absolute Gasteiger partial charge is 0.486 e. The lowest BCUT2D eigenvalue weighted by atomic mass is 10.1. The van der Waals surface area contributed by atoms with Crippen LogP contribution in [0.2, 0.25) is 5.02 Å². The van der Waals surface area contributed by atoms with Crippen LogP contribution in [-0.4, -0.2) is 13.2 Å². The van der Waals surface area contributed by atoms with E-state index in [1.165, 1.54) is 6.07 Å². The molecule has 0 fully saturated rings. The van der Waals surface area contributed by atoms with Crippen LogP contribution >= 0.6 is 11.6 Å². The quantitative estimate of drug-likeness (QED) is 0.932. The van der Waals surface area contributed by atoms with Gasteiger partial charge in [-0.25, -0.2) is 4.39 Å². The summed E-state index contributed by atoms with van der Waals surface area (Å²) in [7, 11) is 0. The molecule has 0 aromatic heterocycles. The first-order valence-corrected chi connectivity index (χ1v) is 6.68. The Morgan fingerprint density at radius 1 is 1.15 bits per heavy atom. The van der Waals surface area contributed by atoms with Gasteiger partial charge in [-0.3, -0.25) is 0 Å². The van der Waals surface area contributed by atoms with E-state index in [1.54, 1.807) is 12.1 Å². The van der Waals surface area contributed by atoms with Crippen LogP contribution in [0.3, 0.4) is 0 Å². The van der Waals surface area contributed by atoms with Gasteiger partial charge in [0.15, 0.2) is 11.5 Å². The highest BCUT2D eigenvalue weighted by atomic mass is 35.5. The first-order valence-electron chi connectivity index (χ1n) is 6.30. The average Bonchev–Trinajstić information content (AvgIpc) is 2.46. The summed E-state index contributed by atoms with van der Waals surface area (Å²) in [5.41, 5.74) is 1.33. The molecule has 2 aromatic carbocycles. The van der Waals surface area contributed by atoms with E-state index in [4.69, 9.17) is 21.1 Å². The van der Waals surface area contributed by atoms with Crippen molar-refractivity contribution < 1.29 is 13.9 Å². The predicted octanol–water partition coefficient (Wildman–Crippen LogP) is 3.86. The van der Waals surface area contributed by atoms with Gasteiger partial charge in [-0.2, -0.15) is 0 Å². The van der Waals surface area contributed by atoms with Gasteiger partial charge in [-0.1, -0.05) is 23.7 Å². The highest BCUT2D eigenvalue weighted by molar-refractivity contribution is 6.30. The number of hydrogen-bond donors (Lipinski definition) is 1. The van der Waals surface area contributed by atoms with Crippen LogP contribution in [0.25, 0.3) is 0 Å². The van der Waals surface area contributed by atoms with Crippen molar-refractivity contribution in [3.63, 3.8) is 0 Å². The Kier molecular flexibility index (Phi) is 3.65. The molecule has 5 heteroatoms. The second-order valence-corrected chi connectivity index (χ2v) is 4.86. The Labute approximate surface area is 121 Å². The Hall–Kier alpha value is -1.94. The minimum Gasteiger partial charge on any atom is -0.486 e. The van der Waals surface area contributed by atoms with Crippen LogP contribution in [0, 0.1) is 5.82 Å². The topological polar surface area (TPSA) is 30.5 Å². The molecule has 20 heavy (non-hydrogen) atoms. The molecule has 1 aliphatic rings. The minimum absolute atomic E-state index is 0.375. The van der Waals surface area contributed by atoms with Crippen molar-refractivity contribution in [2.75, 3.05) is 18.5 Å². The lowest BCUT2D eigenvalue weighted by Gasteiger charge is -2.21. The van der Waals surface area contributed by atoms with E-state index in [1.807, 2.05) is 18.2 Å². The molecular formula is C15H13ClFNO2. The van der Waals surface area contributed by atoms with Crippen molar-refractivity contribution in [1.82, 2.24) is 0 Å². The highest BCUT2D eigenvalue weighted by Crippen LogP contribution is 2.34. The molecule has 0 spiro atoms. The number of anilines is 1. The van der Waals surface area contributed by atoms with Crippen molar-refractivity contribution in [3.05, 3.63) is 52.8 Å². The van der Waals surface area contributed by atoms with Gasteiger partial charge in [0.25, 0.3) is 0 Å². The molecule has 0 saturated heterocycles. The average molecular weight is 294 g/mol. The third-order valence-electron chi connectivity index (χ3n) is 3.05. The summed E-state index contributed by atoms with van der Waals surface area (Å²) >= 11 is 5.72. The zero-order valence-corrected chi connectivity index (χ0v) is 11.4. The molecule has 104 valence electrons. The van der Waals surface area contributed by atoms with Gasteiger partial charge in [0.2, 0.25) is 0 Å². The van der Waals surface area contributed by atoms with E-state index >= 15 is 0 Å². The molecule has 0 bridgehead atoms. The third kappa shape index (κ3) is 2.65. The zero-order valence-electron chi connectivity index (χ0n) is 10.7. The Morgan fingerprint density at radius 2 is 2.00 bits per heavy atom. The van der Waals surface area contributed by atoms with Gasteiger partial charge >= 0.3 is 0 Å². The van der Waals surface area contributed by atoms with Gasteiger partial charge in [-0.15, -0.1) is 0 Å². The first kappa shape index (κ1) is 13.1. The Balaban J connectivity index is 1.78. The predicted molar refractivity (Wildman–Crippen MR) is 76.2 cm³/mol. The van der Waals surface area contributed by atoms with E-state index in [-0.39, 0.29) is 5.82 Å². The third-order valence-corrected chi connectivity index (χ3v) is 3.28. The summed E-state index contributed by atoms with van der Waals surface area (Å²) in [6.07, 6.45) is 0. The van der Waals surface area contributed by atoms with E-state index in [0.717, 1.165) is 17.1 Å². The molecule has 0 aliphatic carbocycles. The fourth-order valence-corrected chi connectivity index (χ4v) is 2.26. The monoisotopic (exact) mass is 293 g/mol. The van der Waals surface area contributed by atoms with Crippen molar-refractivity contribution in [3.8, 4) is 11.5 Å². The van der Waals surface area contributed by atoms with Crippen LogP contribution in [-0.2, 0) is 6.54 Å². The highest BCUT2D eigenvalue weighted by Gasteiger charge is 2.15. The fraction of sp³-hybridized carbons (Fsp3) is 0.200. The number of hydrogen-bond acceptors (Lipinski definition) is 3. The zero-order chi connectivity index (χ0) is 13.9. The summed E-state index contributed by atoms with van der Waals surface area (Å²) < 4.78 is 24.8. The molecule has 0 atom stereocenters. The van der Waals surface area contributed by atoms with Gasteiger partial charge in [-0.05, 0) is 24.3 Å². The van der Waals surface area contributed by atoms with Gasteiger partial charge < -0.3 is 14.8 Å². The minimum atomic E-state index is -0.375. The summed E-state index contributed by atoms with van der Waals surface area (Å²) in [6, 6.07) is 10.2. The Bertz CT molecular complexity index is 633. The van der Waals surface area contributed by atoms with Gasteiger partial charge in [0.05, 0.1) is 5.69 Å². The van der Waals surface area contributed by atoms with E-state index in [0.29, 0.717) is 30.5 Å². The summed E-state index contributed by atoms with van der Waals surface area (Å²) in [5.74, 6) is 1.08. The standard InChI is InChI=1S/C15H13ClFNO2/c16-11-4-5-13(12(17)8-11)18-9-10-2-1-3-14-15(10)20-7-6-19-14/h1-5,8,18H,6-7,9H2. The van der Waals surface area contributed by atoms with Crippen molar-refractivity contribution >= 4 is 17.3 Å². The van der Waals surface area contributed by atoms with Gasteiger partial charge in [0.1, 0.15) is 19.0 Å². The molecule has 1 heterocycles. The SMILES string of the molecule is Fc1cc(Cl)ccc1NCc1cccc2c1OCCO2. The van der Waals surface area contributed by atoms with Crippen LogP contribution < -0.4 is 14.8 Å². The molecule has 1 aliphatic heterocycles. The number of halogens is 2. The number of fused-ring (bicyclic) bond motifs is 1. The van der Waals surface area contributed by atoms with Crippen LogP contribution in [0.1, 0.15) is 5.56 Å².